The number of carbonyl (C=O) groups excluding carboxylic acids is 2. The average molecular weight is 441 g/mol. The third-order valence-corrected chi connectivity index (χ3v) is 5.93. The van der Waals surface area contributed by atoms with Crippen molar-refractivity contribution in [2.45, 2.75) is 45.2 Å². The van der Waals surface area contributed by atoms with Crippen LogP contribution in [0, 0.1) is 11.7 Å². The van der Waals surface area contributed by atoms with Crippen molar-refractivity contribution in [3.8, 4) is 0 Å². The maximum absolute atomic E-state index is 12.7. The van der Waals surface area contributed by atoms with Crippen LogP contribution in [0.15, 0.2) is 54.6 Å². The van der Waals surface area contributed by atoms with Gasteiger partial charge in [-0.2, -0.15) is 0 Å². The molecule has 3 N–H and O–H groups in total. The van der Waals surface area contributed by atoms with Gasteiger partial charge in [-0.15, -0.1) is 0 Å². The Bertz CT molecular complexity index is 860. The Hall–Kier alpha value is -2.93. The van der Waals surface area contributed by atoms with Gasteiger partial charge in [0.2, 0.25) is 5.91 Å². The fourth-order valence-electron chi connectivity index (χ4n) is 4.01. The van der Waals surface area contributed by atoms with Gasteiger partial charge in [-0.3, -0.25) is 4.79 Å². The number of halogens is 1. The molecule has 0 aromatic heterocycles. The van der Waals surface area contributed by atoms with E-state index in [1.807, 2.05) is 30.3 Å². The smallest absolute Gasteiger partial charge is 0.319 e. The number of benzene rings is 2. The molecule has 3 amide bonds. The first-order chi connectivity index (χ1) is 15.5. The minimum Gasteiger partial charge on any atom is -0.336 e. The Morgan fingerprint density at radius 1 is 1.09 bits per heavy atom. The van der Waals surface area contributed by atoms with Crippen molar-refractivity contribution in [3.05, 3.63) is 66.0 Å². The first kappa shape index (κ1) is 23.7. The van der Waals surface area contributed by atoms with Crippen LogP contribution in [0.25, 0.3) is 0 Å². The molecule has 1 saturated carbocycles. The molecule has 2 atom stereocenters. The Morgan fingerprint density at radius 2 is 1.81 bits per heavy atom. The average Bonchev–Trinajstić information content (AvgIpc) is 2.79. The van der Waals surface area contributed by atoms with Crippen LogP contribution in [0.1, 0.15) is 38.2 Å². The van der Waals surface area contributed by atoms with Crippen LogP contribution in [-0.2, 0) is 11.3 Å². The summed E-state index contributed by atoms with van der Waals surface area (Å²) in [5, 5.41) is 8.93. The molecule has 0 bridgehead atoms. The van der Waals surface area contributed by atoms with Gasteiger partial charge in [-0.25, -0.2) is 9.18 Å². The number of hydrogen-bond acceptors (Lipinski definition) is 3. The molecule has 2 fully saturated rings. The molecule has 1 heterocycles. The lowest BCUT2D eigenvalue weighted by Crippen LogP contribution is -2.47. The third-order valence-electron chi connectivity index (χ3n) is 5.93. The maximum atomic E-state index is 12.7. The molecular formula is C25H33FN4O2. The Labute approximate surface area is 189 Å². The summed E-state index contributed by atoms with van der Waals surface area (Å²) in [4.78, 5) is 25.0. The lowest BCUT2D eigenvalue weighted by Gasteiger charge is -2.29. The van der Waals surface area contributed by atoms with E-state index in [0.717, 1.165) is 30.8 Å². The predicted octanol–water partition coefficient (Wildman–Crippen LogP) is 4.14. The van der Waals surface area contributed by atoms with E-state index in [9.17, 15) is 14.0 Å². The van der Waals surface area contributed by atoms with Crippen LogP contribution in [0.5, 0.6) is 0 Å². The highest BCUT2D eigenvalue weighted by atomic mass is 19.1. The SMILES string of the molecule is CC1CCCCC1NC(=O)Nc1ccccc1.O=C1CNCCN1Cc1ccc(F)cc1. The maximum Gasteiger partial charge on any atom is 0.319 e. The molecule has 0 radical (unpaired) electrons. The zero-order valence-electron chi connectivity index (χ0n) is 18.6. The van der Waals surface area contributed by atoms with E-state index in [4.69, 9.17) is 0 Å². The summed E-state index contributed by atoms with van der Waals surface area (Å²) in [6.07, 6.45) is 4.83. The number of amides is 3. The topological polar surface area (TPSA) is 73.5 Å². The highest BCUT2D eigenvalue weighted by Crippen LogP contribution is 2.23. The number of urea groups is 1. The molecule has 172 valence electrons. The molecular weight excluding hydrogens is 407 g/mol. The number of nitrogens with zero attached hydrogens (tertiary/aromatic N) is 1. The van der Waals surface area contributed by atoms with Crippen LogP contribution < -0.4 is 16.0 Å². The standard InChI is InChI=1S/C14H20N2O.C11H13FN2O/c1-11-7-5-6-10-13(11)16-14(17)15-12-8-3-2-4-9-12;12-10-3-1-9(2-4-10)8-14-6-5-13-7-11(14)15/h2-4,8-9,11,13H,5-7,10H2,1H3,(H2,15,16,17);1-4,13H,5-8H2. The molecule has 7 heteroatoms. The summed E-state index contributed by atoms with van der Waals surface area (Å²) in [6, 6.07) is 16.1. The number of anilines is 1. The fourth-order valence-corrected chi connectivity index (χ4v) is 4.01. The van der Waals surface area contributed by atoms with Crippen molar-refractivity contribution >= 4 is 17.6 Å². The minimum atomic E-state index is -0.245. The van der Waals surface area contributed by atoms with E-state index in [1.165, 1.54) is 31.4 Å². The molecule has 6 nitrogen and oxygen atoms in total. The van der Waals surface area contributed by atoms with Gasteiger partial charge in [0.05, 0.1) is 6.54 Å². The number of hydrogen-bond donors (Lipinski definition) is 3. The molecule has 2 aromatic carbocycles. The molecule has 0 spiro atoms. The van der Waals surface area contributed by atoms with E-state index >= 15 is 0 Å². The van der Waals surface area contributed by atoms with Gasteiger partial charge >= 0.3 is 6.03 Å². The Kier molecular flexibility index (Phi) is 9.04. The lowest BCUT2D eigenvalue weighted by molar-refractivity contribution is -0.132. The van der Waals surface area contributed by atoms with Gasteiger partial charge in [0.1, 0.15) is 5.82 Å². The van der Waals surface area contributed by atoms with Gasteiger partial charge in [0.15, 0.2) is 0 Å². The summed E-state index contributed by atoms with van der Waals surface area (Å²) in [7, 11) is 0. The summed E-state index contributed by atoms with van der Waals surface area (Å²) in [5.41, 5.74) is 1.81. The number of nitrogens with one attached hydrogen (secondary N) is 3. The summed E-state index contributed by atoms with van der Waals surface area (Å²) >= 11 is 0. The van der Waals surface area contributed by atoms with Crippen LogP contribution in [0.2, 0.25) is 0 Å². The molecule has 2 aliphatic rings. The fraction of sp³-hybridized carbons (Fsp3) is 0.440. The van der Waals surface area contributed by atoms with Gasteiger partial charge in [-0.1, -0.05) is 50.1 Å². The van der Waals surface area contributed by atoms with Crippen molar-refractivity contribution in [2.24, 2.45) is 5.92 Å². The highest BCUT2D eigenvalue weighted by Gasteiger charge is 2.22. The van der Waals surface area contributed by atoms with Crippen molar-refractivity contribution in [1.82, 2.24) is 15.5 Å². The molecule has 1 aliphatic heterocycles. The van der Waals surface area contributed by atoms with E-state index in [2.05, 4.69) is 22.9 Å². The molecule has 32 heavy (non-hydrogen) atoms. The quantitative estimate of drug-likeness (QED) is 0.669. The van der Waals surface area contributed by atoms with Gasteiger partial charge in [0, 0.05) is 31.4 Å². The predicted molar refractivity (Wildman–Crippen MR) is 125 cm³/mol. The third kappa shape index (κ3) is 7.64. The zero-order chi connectivity index (χ0) is 22.8. The van der Waals surface area contributed by atoms with Crippen LogP contribution in [0.3, 0.4) is 0 Å². The minimum absolute atomic E-state index is 0.0880. The monoisotopic (exact) mass is 440 g/mol. The van der Waals surface area contributed by atoms with Gasteiger partial charge in [0.25, 0.3) is 0 Å². The van der Waals surface area contributed by atoms with Crippen molar-refractivity contribution in [2.75, 3.05) is 25.0 Å². The van der Waals surface area contributed by atoms with Crippen molar-refractivity contribution in [3.63, 3.8) is 0 Å². The number of rotatable bonds is 4. The summed E-state index contributed by atoms with van der Waals surface area (Å²) in [5.74, 6) is 0.446. The Balaban J connectivity index is 0.000000182. The zero-order valence-corrected chi connectivity index (χ0v) is 18.6. The second-order valence-corrected chi connectivity index (χ2v) is 8.45. The van der Waals surface area contributed by atoms with E-state index in [0.29, 0.717) is 25.0 Å². The summed E-state index contributed by atoms with van der Waals surface area (Å²) < 4.78 is 12.7. The largest absolute Gasteiger partial charge is 0.336 e. The van der Waals surface area contributed by atoms with E-state index in [-0.39, 0.29) is 17.8 Å². The molecule has 1 aliphatic carbocycles. The molecule has 1 saturated heterocycles. The number of piperazine rings is 1. The molecule has 4 rings (SSSR count). The van der Waals surface area contributed by atoms with Crippen molar-refractivity contribution < 1.29 is 14.0 Å². The lowest BCUT2D eigenvalue weighted by atomic mass is 9.86. The Morgan fingerprint density at radius 3 is 2.50 bits per heavy atom. The van der Waals surface area contributed by atoms with Gasteiger partial charge < -0.3 is 20.9 Å². The molecule has 2 aromatic rings. The van der Waals surface area contributed by atoms with E-state index < -0.39 is 0 Å². The second-order valence-electron chi connectivity index (χ2n) is 8.45. The van der Waals surface area contributed by atoms with Crippen LogP contribution in [-0.4, -0.2) is 42.5 Å². The number of para-hydroxylation sites is 1. The first-order valence-corrected chi connectivity index (χ1v) is 11.4. The first-order valence-electron chi connectivity index (χ1n) is 11.4. The van der Waals surface area contributed by atoms with Crippen molar-refractivity contribution in [1.29, 1.82) is 0 Å². The van der Waals surface area contributed by atoms with Gasteiger partial charge in [-0.05, 0) is 48.6 Å². The highest BCUT2D eigenvalue weighted by molar-refractivity contribution is 5.89. The number of carbonyl (C=O) groups is 2. The summed E-state index contributed by atoms with van der Waals surface area (Å²) in [6.45, 7) is 4.73. The van der Waals surface area contributed by atoms with Crippen LogP contribution >= 0.6 is 0 Å². The van der Waals surface area contributed by atoms with E-state index in [1.54, 1.807) is 17.0 Å². The normalized spacial score (nSPS) is 20.7. The molecule has 2 unspecified atom stereocenters. The van der Waals surface area contributed by atoms with Crippen LogP contribution in [0.4, 0.5) is 14.9 Å². The second kappa shape index (κ2) is 12.2.